The second-order valence-electron chi connectivity index (χ2n) is 6.38. The highest BCUT2D eigenvalue weighted by atomic mass is 19.4. The molecule has 0 saturated heterocycles. The maximum absolute atomic E-state index is 12.8. The van der Waals surface area contributed by atoms with E-state index < -0.39 is 17.3 Å². The van der Waals surface area contributed by atoms with Gasteiger partial charge in [-0.1, -0.05) is 19.1 Å². The molecule has 0 bridgehead atoms. The molecule has 1 aromatic carbocycles. The fraction of sp³-hybridized carbons (Fsp3) is 0.588. The minimum absolute atomic E-state index is 0.000170. The Morgan fingerprint density at radius 1 is 1.29 bits per heavy atom. The van der Waals surface area contributed by atoms with Crippen LogP contribution < -0.4 is 5.32 Å². The normalized spacial score (nSPS) is 14.8. The summed E-state index contributed by atoms with van der Waals surface area (Å²) < 4.78 is 38.5. The van der Waals surface area contributed by atoms with Crippen LogP contribution in [0.5, 0.6) is 0 Å². The van der Waals surface area contributed by atoms with Gasteiger partial charge in [-0.2, -0.15) is 13.2 Å². The predicted octanol–water partition coefficient (Wildman–Crippen LogP) is 2.76. The zero-order valence-electron chi connectivity index (χ0n) is 14.4. The van der Waals surface area contributed by atoms with Crippen LogP contribution in [-0.2, 0) is 16.6 Å². The number of nitrogens with one attached hydrogen (secondary N) is 1. The molecule has 0 aromatic heterocycles. The number of carbonyl (C=O) groups is 1. The van der Waals surface area contributed by atoms with Crippen molar-refractivity contribution in [1.29, 1.82) is 0 Å². The first-order valence-electron chi connectivity index (χ1n) is 7.87. The van der Waals surface area contributed by atoms with Crippen LogP contribution in [-0.4, -0.2) is 41.6 Å². The zero-order chi connectivity index (χ0) is 18.5. The third-order valence-corrected chi connectivity index (χ3v) is 3.61. The lowest BCUT2D eigenvalue weighted by Gasteiger charge is -2.31. The molecule has 7 heteroatoms. The highest BCUT2D eigenvalue weighted by molar-refractivity contribution is 5.78. The molecule has 0 spiro atoms. The summed E-state index contributed by atoms with van der Waals surface area (Å²) in [6, 6.07) is 4.64. The Morgan fingerprint density at radius 3 is 2.38 bits per heavy atom. The molecule has 4 nitrogen and oxygen atoms in total. The van der Waals surface area contributed by atoms with Crippen LogP contribution in [0.3, 0.4) is 0 Å². The molecular formula is C17H25F3N2O2. The largest absolute Gasteiger partial charge is 0.416 e. The summed E-state index contributed by atoms with van der Waals surface area (Å²) in [6.45, 7) is 7.57. The zero-order valence-corrected chi connectivity index (χ0v) is 14.4. The van der Waals surface area contributed by atoms with Gasteiger partial charge in [-0.25, -0.2) is 0 Å². The Bertz CT molecular complexity index is 557. The highest BCUT2D eigenvalue weighted by Crippen LogP contribution is 2.32. The number of aliphatic hydroxyl groups is 1. The number of nitrogens with zero attached hydrogens (tertiary/aromatic N) is 1. The molecular weight excluding hydrogens is 321 g/mol. The van der Waals surface area contributed by atoms with Gasteiger partial charge < -0.3 is 10.4 Å². The van der Waals surface area contributed by atoms with Gasteiger partial charge in [-0.15, -0.1) is 0 Å². The molecule has 136 valence electrons. The molecule has 0 aliphatic heterocycles. The molecule has 0 aliphatic rings. The van der Waals surface area contributed by atoms with Crippen molar-refractivity contribution in [3.63, 3.8) is 0 Å². The first-order chi connectivity index (χ1) is 11.0. The number of carbonyl (C=O) groups excluding carboxylic acids is 1. The van der Waals surface area contributed by atoms with Gasteiger partial charge >= 0.3 is 6.18 Å². The summed E-state index contributed by atoms with van der Waals surface area (Å²) in [5.41, 5.74) is -2.14. The van der Waals surface area contributed by atoms with Gasteiger partial charge in [-0.05, 0) is 45.0 Å². The van der Waals surface area contributed by atoms with Crippen LogP contribution >= 0.6 is 0 Å². The number of rotatable bonds is 7. The van der Waals surface area contributed by atoms with E-state index in [1.54, 1.807) is 4.90 Å². The van der Waals surface area contributed by atoms with Crippen molar-refractivity contribution in [2.24, 2.45) is 0 Å². The summed E-state index contributed by atoms with van der Waals surface area (Å²) in [6.07, 6.45) is -4.46. The molecule has 0 radical (unpaired) electrons. The first kappa shape index (κ1) is 20.4. The fourth-order valence-corrected chi connectivity index (χ4v) is 2.41. The second kappa shape index (κ2) is 7.98. The van der Waals surface area contributed by atoms with Gasteiger partial charge in [0.15, 0.2) is 0 Å². The molecule has 0 saturated carbocycles. The fourth-order valence-electron chi connectivity index (χ4n) is 2.41. The average molecular weight is 346 g/mol. The Hall–Kier alpha value is -1.60. The Morgan fingerprint density at radius 2 is 1.88 bits per heavy atom. The van der Waals surface area contributed by atoms with Crippen molar-refractivity contribution in [3.05, 3.63) is 35.4 Å². The van der Waals surface area contributed by atoms with E-state index in [0.717, 1.165) is 12.1 Å². The van der Waals surface area contributed by atoms with Crippen LogP contribution in [0.15, 0.2) is 24.3 Å². The molecule has 0 fully saturated rings. The molecule has 1 rings (SSSR count). The summed E-state index contributed by atoms with van der Waals surface area (Å²) in [5.74, 6) is -0.188. The van der Waals surface area contributed by atoms with Crippen molar-refractivity contribution >= 4 is 5.91 Å². The van der Waals surface area contributed by atoms with Gasteiger partial charge in [0.05, 0.1) is 17.7 Å². The summed E-state index contributed by atoms with van der Waals surface area (Å²) in [7, 11) is 0. The van der Waals surface area contributed by atoms with Crippen LogP contribution in [0.25, 0.3) is 0 Å². The molecule has 2 N–H and O–H groups in total. The lowest BCUT2D eigenvalue weighted by molar-refractivity contribution is -0.137. The minimum Gasteiger partial charge on any atom is -0.384 e. The maximum Gasteiger partial charge on any atom is 0.416 e. The molecule has 0 heterocycles. The summed E-state index contributed by atoms with van der Waals surface area (Å²) in [4.78, 5) is 13.5. The Labute approximate surface area is 140 Å². The number of hydrogen-bond acceptors (Lipinski definition) is 3. The lowest BCUT2D eigenvalue weighted by Crippen LogP contribution is -2.45. The van der Waals surface area contributed by atoms with Crippen molar-refractivity contribution in [2.75, 3.05) is 19.6 Å². The molecule has 0 aliphatic carbocycles. The van der Waals surface area contributed by atoms with E-state index in [4.69, 9.17) is 0 Å². The predicted molar refractivity (Wildman–Crippen MR) is 86.4 cm³/mol. The van der Waals surface area contributed by atoms with E-state index in [-0.39, 0.29) is 30.6 Å². The van der Waals surface area contributed by atoms with Crippen molar-refractivity contribution in [2.45, 2.75) is 45.5 Å². The Balaban J connectivity index is 2.88. The standard InChI is InChI=1S/C17H25F3N2O2/c1-5-22(10-15(23)21-12(2)3)11-16(4,24)13-7-6-8-14(9-13)17(18,19)20/h6-9,12,24H,5,10-11H2,1-4H3,(H,21,23). The van der Waals surface area contributed by atoms with Crippen molar-refractivity contribution < 1.29 is 23.1 Å². The first-order valence-corrected chi connectivity index (χ1v) is 7.87. The highest BCUT2D eigenvalue weighted by Gasteiger charge is 2.33. The quantitative estimate of drug-likeness (QED) is 0.798. The van der Waals surface area contributed by atoms with Crippen LogP contribution in [0, 0.1) is 0 Å². The number of halogens is 3. The van der Waals surface area contributed by atoms with E-state index in [1.807, 2.05) is 20.8 Å². The average Bonchev–Trinajstić information content (AvgIpc) is 2.44. The van der Waals surface area contributed by atoms with E-state index in [2.05, 4.69) is 5.32 Å². The van der Waals surface area contributed by atoms with E-state index in [9.17, 15) is 23.1 Å². The lowest BCUT2D eigenvalue weighted by atomic mass is 9.93. The van der Waals surface area contributed by atoms with E-state index in [0.29, 0.717) is 6.54 Å². The third kappa shape index (κ3) is 6.13. The minimum atomic E-state index is -4.46. The maximum atomic E-state index is 12.8. The topological polar surface area (TPSA) is 52.6 Å². The molecule has 1 unspecified atom stereocenters. The van der Waals surface area contributed by atoms with Crippen LogP contribution in [0.4, 0.5) is 13.2 Å². The summed E-state index contributed by atoms with van der Waals surface area (Å²) >= 11 is 0. The van der Waals surface area contributed by atoms with Gasteiger partial charge in [0.25, 0.3) is 0 Å². The molecule has 1 amide bonds. The third-order valence-electron chi connectivity index (χ3n) is 3.61. The van der Waals surface area contributed by atoms with Crippen molar-refractivity contribution in [3.8, 4) is 0 Å². The molecule has 1 atom stereocenters. The van der Waals surface area contributed by atoms with Gasteiger partial charge in [0, 0.05) is 12.6 Å². The number of alkyl halides is 3. The Kier molecular flexibility index (Phi) is 6.80. The number of likely N-dealkylation sites (N-methyl/N-ethyl adjacent to an activating group) is 1. The molecule has 1 aromatic rings. The van der Waals surface area contributed by atoms with Gasteiger partial charge in [0.1, 0.15) is 0 Å². The van der Waals surface area contributed by atoms with Crippen molar-refractivity contribution in [1.82, 2.24) is 10.2 Å². The number of hydrogen-bond donors (Lipinski definition) is 2. The van der Waals surface area contributed by atoms with Gasteiger partial charge in [0.2, 0.25) is 5.91 Å². The van der Waals surface area contributed by atoms with E-state index in [1.165, 1.54) is 19.1 Å². The van der Waals surface area contributed by atoms with Gasteiger partial charge in [-0.3, -0.25) is 9.69 Å². The number of benzene rings is 1. The monoisotopic (exact) mass is 346 g/mol. The SMILES string of the molecule is CCN(CC(=O)NC(C)C)CC(C)(O)c1cccc(C(F)(F)F)c1. The summed E-state index contributed by atoms with van der Waals surface area (Å²) in [5, 5.41) is 13.4. The second-order valence-corrected chi connectivity index (χ2v) is 6.38. The number of amides is 1. The van der Waals surface area contributed by atoms with Crippen LogP contribution in [0.1, 0.15) is 38.8 Å². The van der Waals surface area contributed by atoms with E-state index >= 15 is 0 Å². The molecule has 24 heavy (non-hydrogen) atoms. The smallest absolute Gasteiger partial charge is 0.384 e. The van der Waals surface area contributed by atoms with Crippen LogP contribution in [0.2, 0.25) is 0 Å².